The SMILES string of the molecule is CCCn1cc(S(=O)(=O)N(CCCO)C(C)C)c(N)n1. The van der Waals surface area contributed by atoms with Gasteiger partial charge in [0.1, 0.15) is 4.90 Å². The first kappa shape index (κ1) is 16.9. The summed E-state index contributed by atoms with van der Waals surface area (Å²) in [6.45, 7) is 6.40. The maximum absolute atomic E-state index is 12.6. The van der Waals surface area contributed by atoms with Crippen LogP contribution in [0.4, 0.5) is 5.82 Å². The number of nitrogens with zero attached hydrogens (tertiary/aromatic N) is 3. The predicted molar refractivity (Wildman–Crippen MR) is 77.7 cm³/mol. The molecule has 0 fully saturated rings. The highest BCUT2D eigenvalue weighted by Crippen LogP contribution is 2.23. The summed E-state index contributed by atoms with van der Waals surface area (Å²) in [5, 5.41) is 12.9. The number of aryl methyl sites for hydroxylation is 1. The number of nitrogens with two attached hydrogens (primary N) is 1. The van der Waals surface area contributed by atoms with Crippen LogP contribution in [0.1, 0.15) is 33.6 Å². The molecule has 3 N–H and O–H groups in total. The van der Waals surface area contributed by atoms with Crippen molar-refractivity contribution in [2.24, 2.45) is 0 Å². The van der Waals surface area contributed by atoms with Crippen LogP contribution in [-0.4, -0.2) is 46.8 Å². The van der Waals surface area contributed by atoms with E-state index in [1.54, 1.807) is 18.5 Å². The third kappa shape index (κ3) is 3.71. The van der Waals surface area contributed by atoms with Gasteiger partial charge in [-0.05, 0) is 26.7 Å². The van der Waals surface area contributed by atoms with Crippen LogP contribution in [0.5, 0.6) is 0 Å². The number of hydrogen-bond acceptors (Lipinski definition) is 5. The number of nitrogen functional groups attached to an aromatic ring is 1. The molecule has 0 unspecified atom stereocenters. The number of anilines is 1. The van der Waals surface area contributed by atoms with E-state index in [0.717, 1.165) is 6.42 Å². The van der Waals surface area contributed by atoms with Crippen molar-refractivity contribution in [1.29, 1.82) is 0 Å². The van der Waals surface area contributed by atoms with E-state index >= 15 is 0 Å². The van der Waals surface area contributed by atoms with Crippen molar-refractivity contribution in [3.8, 4) is 0 Å². The number of aliphatic hydroxyl groups is 1. The van der Waals surface area contributed by atoms with E-state index in [1.807, 2.05) is 6.92 Å². The Bertz CT molecular complexity index is 525. The van der Waals surface area contributed by atoms with Gasteiger partial charge >= 0.3 is 0 Å². The minimum absolute atomic E-state index is 0.0214. The molecular formula is C12H24N4O3S. The van der Waals surface area contributed by atoms with Crippen molar-refractivity contribution in [3.05, 3.63) is 6.20 Å². The second kappa shape index (κ2) is 7.05. The number of aliphatic hydroxyl groups excluding tert-OH is 1. The zero-order valence-electron chi connectivity index (χ0n) is 12.3. The van der Waals surface area contributed by atoms with Crippen LogP contribution in [0.15, 0.2) is 11.1 Å². The molecule has 0 aliphatic carbocycles. The first-order valence-corrected chi connectivity index (χ1v) is 8.24. The van der Waals surface area contributed by atoms with Gasteiger partial charge in [-0.2, -0.15) is 9.40 Å². The van der Waals surface area contributed by atoms with Gasteiger partial charge < -0.3 is 10.8 Å². The van der Waals surface area contributed by atoms with E-state index in [9.17, 15) is 8.42 Å². The Hall–Kier alpha value is -1.12. The Labute approximate surface area is 120 Å². The third-order valence-electron chi connectivity index (χ3n) is 2.91. The Balaban J connectivity index is 3.12. The first-order chi connectivity index (χ1) is 9.34. The van der Waals surface area contributed by atoms with E-state index in [1.165, 1.54) is 10.5 Å². The van der Waals surface area contributed by atoms with Crippen LogP contribution in [0, 0.1) is 0 Å². The highest BCUT2D eigenvalue weighted by molar-refractivity contribution is 7.89. The summed E-state index contributed by atoms with van der Waals surface area (Å²) in [7, 11) is -3.69. The summed E-state index contributed by atoms with van der Waals surface area (Å²) < 4.78 is 28.1. The molecule has 0 saturated heterocycles. The average Bonchev–Trinajstić information content (AvgIpc) is 2.71. The van der Waals surface area contributed by atoms with E-state index in [4.69, 9.17) is 10.8 Å². The standard InChI is InChI=1S/C12H24N4O3S/c1-4-6-15-9-11(12(13)14-15)20(18,19)16(10(2)3)7-5-8-17/h9-10,17H,4-8H2,1-3H3,(H2,13,14). The van der Waals surface area contributed by atoms with Crippen LogP contribution in [-0.2, 0) is 16.6 Å². The second-order valence-electron chi connectivity index (χ2n) is 4.93. The van der Waals surface area contributed by atoms with Crippen LogP contribution < -0.4 is 5.73 Å². The first-order valence-electron chi connectivity index (χ1n) is 6.80. The van der Waals surface area contributed by atoms with Crippen molar-refractivity contribution in [2.75, 3.05) is 18.9 Å². The zero-order chi connectivity index (χ0) is 15.3. The summed E-state index contributed by atoms with van der Waals surface area (Å²) in [4.78, 5) is 0.0394. The van der Waals surface area contributed by atoms with E-state index < -0.39 is 10.0 Å². The van der Waals surface area contributed by atoms with E-state index in [-0.39, 0.29) is 29.9 Å². The van der Waals surface area contributed by atoms with Crippen LogP contribution in [0.2, 0.25) is 0 Å². The third-order valence-corrected chi connectivity index (χ3v) is 5.00. The highest BCUT2D eigenvalue weighted by Gasteiger charge is 2.30. The Kier molecular flexibility index (Phi) is 5.97. The van der Waals surface area contributed by atoms with Crippen molar-refractivity contribution in [3.63, 3.8) is 0 Å². The molecule has 1 aromatic rings. The molecule has 1 rings (SSSR count). The number of rotatable bonds is 8. The summed E-state index contributed by atoms with van der Waals surface area (Å²) in [5.74, 6) is 0.0214. The Morgan fingerprint density at radius 1 is 1.50 bits per heavy atom. The minimum Gasteiger partial charge on any atom is -0.396 e. The van der Waals surface area contributed by atoms with Crippen LogP contribution in [0.3, 0.4) is 0 Å². The molecule has 1 aromatic heterocycles. The Morgan fingerprint density at radius 2 is 2.15 bits per heavy atom. The smallest absolute Gasteiger partial charge is 0.248 e. The molecule has 20 heavy (non-hydrogen) atoms. The van der Waals surface area contributed by atoms with E-state index in [2.05, 4.69) is 5.10 Å². The lowest BCUT2D eigenvalue weighted by atomic mass is 10.3. The molecule has 0 aliphatic rings. The molecule has 0 amide bonds. The minimum atomic E-state index is -3.69. The second-order valence-corrected chi connectivity index (χ2v) is 6.79. The topological polar surface area (TPSA) is 101 Å². The van der Waals surface area contributed by atoms with Gasteiger partial charge in [-0.25, -0.2) is 8.42 Å². The molecule has 0 saturated carbocycles. The van der Waals surface area contributed by atoms with Gasteiger partial charge in [-0.1, -0.05) is 6.92 Å². The molecule has 0 bridgehead atoms. The van der Waals surface area contributed by atoms with Crippen molar-refractivity contribution >= 4 is 15.8 Å². The summed E-state index contributed by atoms with van der Waals surface area (Å²) in [6.07, 6.45) is 2.71. The summed E-state index contributed by atoms with van der Waals surface area (Å²) >= 11 is 0. The molecule has 0 atom stereocenters. The summed E-state index contributed by atoms with van der Waals surface area (Å²) in [6, 6.07) is -0.208. The number of hydrogen-bond donors (Lipinski definition) is 2. The normalized spacial score (nSPS) is 12.5. The maximum Gasteiger partial charge on any atom is 0.248 e. The van der Waals surface area contributed by atoms with Crippen molar-refractivity contribution in [2.45, 2.75) is 51.1 Å². The van der Waals surface area contributed by atoms with Gasteiger partial charge in [0.05, 0.1) is 0 Å². The van der Waals surface area contributed by atoms with Crippen LogP contribution >= 0.6 is 0 Å². The molecular weight excluding hydrogens is 280 g/mol. The lowest BCUT2D eigenvalue weighted by molar-refractivity contribution is 0.258. The molecule has 0 radical (unpaired) electrons. The molecule has 116 valence electrons. The Morgan fingerprint density at radius 3 is 2.65 bits per heavy atom. The molecule has 1 heterocycles. The fraction of sp³-hybridized carbons (Fsp3) is 0.750. The van der Waals surface area contributed by atoms with Gasteiger partial charge in [0.25, 0.3) is 0 Å². The fourth-order valence-electron chi connectivity index (χ4n) is 1.97. The maximum atomic E-state index is 12.6. The molecule has 8 heteroatoms. The lowest BCUT2D eigenvalue weighted by Crippen LogP contribution is -2.38. The largest absolute Gasteiger partial charge is 0.396 e. The number of sulfonamides is 1. The van der Waals surface area contributed by atoms with Gasteiger partial charge in [-0.15, -0.1) is 0 Å². The molecule has 0 aliphatic heterocycles. The zero-order valence-corrected chi connectivity index (χ0v) is 13.1. The average molecular weight is 304 g/mol. The fourth-order valence-corrected chi connectivity index (χ4v) is 3.71. The molecule has 7 nitrogen and oxygen atoms in total. The van der Waals surface area contributed by atoms with Gasteiger partial charge in [-0.3, -0.25) is 4.68 Å². The summed E-state index contributed by atoms with van der Waals surface area (Å²) in [5.41, 5.74) is 5.74. The molecule has 0 aromatic carbocycles. The quantitative estimate of drug-likeness (QED) is 0.734. The van der Waals surface area contributed by atoms with Gasteiger partial charge in [0.15, 0.2) is 5.82 Å². The monoisotopic (exact) mass is 304 g/mol. The van der Waals surface area contributed by atoms with Crippen molar-refractivity contribution in [1.82, 2.24) is 14.1 Å². The number of aromatic nitrogens is 2. The van der Waals surface area contributed by atoms with Crippen LogP contribution in [0.25, 0.3) is 0 Å². The van der Waals surface area contributed by atoms with Gasteiger partial charge in [0, 0.05) is 31.9 Å². The van der Waals surface area contributed by atoms with Gasteiger partial charge in [0.2, 0.25) is 10.0 Å². The lowest BCUT2D eigenvalue weighted by Gasteiger charge is -2.25. The molecule has 0 spiro atoms. The van der Waals surface area contributed by atoms with E-state index in [0.29, 0.717) is 13.0 Å². The van der Waals surface area contributed by atoms with Crippen molar-refractivity contribution < 1.29 is 13.5 Å². The predicted octanol–water partition coefficient (Wildman–Crippen LogP) is 0.657. The highest BCUT2D eigenvalue weighted by atomic mass is 32.2.